The molecule has 0 radical (unpaired) electrons. The maximum absolute atomic E-state index is 12.0. The van der Waals surface area contributed by atoms with Crippen LogP contribution in [0, 0.1) is 0 Å². The predicted molar refractivity (Wildman–Crippen MR) is 210 cm³/mol. The summed E-state index contributed by atoms with van der Waals surface area (Å²) in [5.74, 6) is 0. The smallest absolute Gasteiger partial charge is 0.409 e. The van der Waals surface area contributed by atoms with Gasteiger partial charge in [-0.15, -0.1) is 0 Å². The van der Waals surface area contributed by atoms with E-state index in [1.807, 2.05) is 37.5 Å². The highest BCUT2D eigenvalue weighted by Crippen LogP contribution is 2.40. The normalized spacial score (nSPS) is 17.0. The molecule has 6 nitrogen and oxygen atoms in total. The number of nitrogens with zero attached hydrogens (tertiary/aromatic N) is 4. The van der Waals surface area contributed by atoms with E-state index in [9.17, 15) is 4.79 Å². The fourth-order valence-corrected chi connectivity index (χ4v) is 8.22. The number of aryl methyl sites for hydroxylation is 4. The number of ether oxygens (including phenoxy) is 1. The van der Waals surface area contributed by atoms with Gasteiger partial charge < -0.3 is 14.5 Å². The number of benzene rings is 2. The minimum atomic E-state index is -0.215. The third-order valence-electron chi connectivity index (χ3n) is 10.4. The van der Waals surface area contributed by atoms with E-state index >= 15 is 0 Å². The van der Waals surface area contributed by atoms with Crippen LogP contribution >= 0.6 is 23.2 Å². The summed E-state index contributed by atoms with van der Waals surface area (Å²) >= 11 is 12.5. The Hall–Kier alpha value is -3.97. The van der Waals surface area contributed by atoms with E-state index in [1.165, 1.54) is 55.8 Å². The third kappa shape index (κ3) is 8.09. The van der Waals surface area contributed by atoms with Crippen LogP contribution in [0.4, 0.5) is 4.79 Å². The van der Waals surface area contributed by atoms with Crippen molar-refractivity contribution in [1.29, 1.82) is 0 Å². The molecule has 1 amide bonds. The van der Waals surface area contributed by atoms with Crippen molar-refractivity contribution in [2.75, 3.05) is 39.8 Å². The zero-order valence-electron chi connectivity index (χ0n) is 29.0. The average Bonchev–Trinajstić information content (AvgIpc) is 3.40. The summed E-state index contributed by atoms with van der Waals surface area (Å²) in [7, 11) is 2.20. The highest BCUT2D eigenvalue weighted by molar-refractivity contribution is 6.31. The number of hydrogen-bond acceptors (Lipinski definition) is 5. The summed E-state index contributed by atoms with van der Waals surface area (Å²) < 4.78 is 5.15. The molecule has 2 aliphatic carbocycles. The number of carbonyl (C=O) groups is 1. The molecule has 8 heteroatoms. The van der Waals surface area contributed by atoms with Gasteiger partial charge in [-0.05, 0) is 135 Å². The Kier molecular flexibility index (Phi) is 12.0. The van der Waals surface area contributed by atoms with Gasteiger partial charge in [-0.3, -0.25) is 9.97 Å². The maximum Gasteiger partial charge on any atom is 0.409 e. The zero-order chi connectivity index (χ0) is 34.6. The molecular weight excluding hydrogens is 675 g/mol. The average molecular weight is 724 g/mol. The van der Waals surface area contributed by atoms with Crippen LogP contribution in [-0.4, -0.2) is 65.7 Å². The molecule has 8 rings (SSSR count). The number of amides is 1. The van der Waals surface area contributed by atoms with E-state index in [1.54, 1.807) is 10.5 Å². The second kappa shape index (κ2) is 16.6. The molecule has 266 valence electrons. The summed E-state index contributed by atoms with van der Waals surface area (Å²) in [5, 5.41) is 1.60. The molecule has 0 unspecified atom stereocenters. The number of pyridine rings is 2. The highest BCUT2D eigenvalue weighted by Gasteiger charge is 2.27. The molecule has 0 N–H and O–H groups in total. The summed E-state index contributed by atoms with van der Waals surface area (Å²) in [6.07, 6.45) is 11.5. The SMILES string of the molecule is C.CCOC(=O)N1CCC(=C2c3ccc(Cl)cc3CCc3cccnc32)CC1.CN1CCC(=C2c3ccc(Cl)cc3CCc3cccnc32)CC1. The van der Waals surface area contributed by atoms with Crippen molar-refractivity contribution in [2.24, 2.45) is 0 Å². The number of piperidine rings is 2. The second-order valence-electron chi connectivity index (χ2n) is 13.6. The summed E-state index contributed by atoms with van der Waals surface area (Å²) in [4.78, 5) is 25.8. The Morgan fingerprint density at radius 3 is 1.59 bits per heavy atom. The fraction of sp³-hybridized carbons (Fsp3) is 0.372. The van der Waals surface area contributed by atoms with Gasteiger partial charge in [0.15, 0.2) is 0 Å². The molecule has 4 heterocycles. The molecule has 2 aliphatic heterocycles. The molecule has 0 atom stereocenters. The van der Waals surface area contributed by atoms with E-state index in [0.29, 0.717) is 19.7 Å². The Bertz CT molecular complexity index is 1950. The number of hydrogen-bond donors (Lipinski definition) is 0. The number of halogens is 2. The fourth-order valence-electron chi connectivity index (χ4n) is 7.83. The first-order chi connectivity index (χ1) is 24.4. The van der Waals surface area contributed by atoms with Crippen molar-refractivity contribution in [3.63, 3.8) is 0 Å². The quantitative estimate of drug-likeness (QED) is 0.196. The first kappa shape index (κ1) is 36.8. The number of fused-ring (bicyclic) bond motifs is 4. The summed E-state index contributed by atoms with van der Waals surface area (Å²) in [6, 6.07) is 21.0. The molecule has 2 fully saturated rings. The van der Waals surface area contributed by atoms with Gasteiger partial charge in [0.25, 0.3) is 0 Å². The summed E-state index contributed by atoms with van der Waals surface area (Å²) in [5.41, 5.74) is 15.6. The second-order valence-corrected chi connectivity index (χ2v) is 14.4. The van der Waals surface area contributed by atoms with Crippen LogP contribution in [0.15, 0.2) is 84.2 Å². The Labute approximate surface area is 313 Å². The van der Waals surface area contributed by atoms with Crippen molar-refractivity contribution >= 4 is 40.4 Å². The van der Waals surface area contributed by atoms with Crippen LogP contribution in [0.5, 0.6) is 0 Å². The van der Waals surface area contributed by atoms with Crippen LogP contribution in [0.2, 0.25) is 10.0 Å². The van der Waals surface area contributed by atoms with E-state index < -0.39 is 0 Å². The van der Waals surface area contributed by atoms with Gasteiger partial charge in [-0.1, -0.05) is 66.0 Å². The first-order valence-corrected chi connectivity index (χ1v) is 18.7. The Morgan fingerprint density at radius 2 is 1.12 bits per heavy atom. The van der Waals surface area contributed by atoms with Crippen molar-refractivity contribution in [1.82, 2.24) is 19.8 Å². The van der Waals surface area contributed by atoms with Crippen molar-refractivity contribution in [2.45, 2.75) is 65.7 Å². The number of carbonyl (C=O) groups excluding carboxylic acids is 1. The third-order valence-corrected chi connectivity index (χ3v) is 10.9. The van der Waals surface area contributed by atoms with E-state index in [0.717, 1.165) is 80.2 Å². The molecule has 0 saturated carbocycles. The Balaban J connectivity index is 0.000000174. The van der Waals surface area contributed by atoms with E-state index in [4.69, 9.17) is 37.9 Å². The largest absolute Gasteiger partial charge is 0.450 e. The van der Waals surface area contributed by atoms with Gasteiger partial charge >= 0.3 is 6.09 Å². The Morgan fingerprint density at radius 1 is 0.667 bits per heavy atom. The van der Waals surface area contributed by atoms with Gasteiger partial charge in [0, 0.05) is 59.8 Å². The standard InChI is InChI=1S/C22H23ClN2O2.C20H21ClN2.CH4/c1-2-27-22(26)25-12-9-15(10-13-25)20-19-8-7-18(23)14-17(19)6-5-16-4-3-11-24-21(16)20;1-23-11-8-14(9-12-23)19-18-7-6-17(21)13-16(18)5-4-15-3-2-10-22-20(15)19;/h3-4,7-8,11,14H,2,5-6,9-10,12-13H2,1H3;2-3,6-7,10,13H,4-5,8-9,11-12H2,1H3;1H4. The first-order valence-electron chi connectivity index (χ1n) is 17.9. The van der Waals surface area contributed by atoms with Gasteiger partial charge in [0.2, 0.25) is 0 Å². The zero-order valence-corrected chi connectivity index (χ0v) is 30.5. The topological polar surface area (TPSA) is 58.6 Å². The number of aromatic nitrogens is 2. The minimum absolute atomic E-state index is 0. The van der Waals surface area contributed by atoms with Gasteiger partial charge in [-0.25, -0.2) is 4.79 Å². The van der Waals surface area contributed by atoms with Crippen molar-refractivity contribution in [3.8, 4) is 0 Å². The van der Waals surface area contributed by atoms with Crippen molar-refractivity contribution < 1.29 is 9.53 Å². The maximum atomic E-state index is 12.0. The lowest BCUT2D eigenvalue weighted by Crippen LogP contribution is -2.37. The molecular formula is C43H48Cl2N4O2. The predicted octanol–water partition coefficient (Wildman–Crippen LogP) is 9.88. The minimum Gasteiger partial charge on any atom is -0.450 e. The van der Waals surface area contributed by atoms with Crippen LogP contribution in [0.25, 0.3) is 11.1 Å². The lowest BCUT2D eigenvalue weighted by molar-refractivity contribution is 0.104. The highest BCUT2D eigenvalue weighted by atomic mass is 35.5. The molecule has 2 saturated heterocycles. The molecule has 4 aliphatic rings. The molecule has 0 spiro atoms. The molecule has 2 aromatic heterocycles. The lowest BCUT2D eigenvalue weighted by Gasteiger charge is -2.29. The number of likely N-dealkylation sites (tertiary alicyclic amines) is 2. The number of rotatable bonds is 1. The lowest BCUT2D eigenvalue weighted by atomic mass is 9.88. The van der Waals surface area contributed by atoms with Crippen LogP contribution < -0.4 is 0 Å². The van der Waals surface area contributed by atoms with Gasteiger partial charge in [-0.2, -0.15) is 0 Å². The van der Waals surface area contributed by atoms with E-state index in [2.05, 4.69) is 54.4 Å². The van der Waals surface area contributed by atoms with Crippen molar-refractivity contribution in [3.05, 3.63) is 139 Å². The summed E-state index contributed by atoms with van der Waals surface area (Å²) in [6.45, 7) is 5.87. The van der Waals surface area contributed by atoms with Crippen LogP contribution in [-0.2, 0) is 30.4 Å². The van der Waals surface area contributed by atoms with E-state index in [-0.39, 0.29) is 13.5 Å². The molecule has 51 heavy (non-hydrogen) atoms. The molecule has 4 aromatic rings. The molecule has 0 bridgehead atoms. The van der Waals surface area contributed by atoms with Gasteiger partial charge in [0.05, 0.1) is 18.0 Å². The molecule has 2 aromatic carbocycles. The van der Waals surface area contributed by atoms with Crippen LogP contribution in [0.3, 0.4) is 0 Å². The monoisotopic (exact) mass is 722 g/mol. The van der Waals surface area contributed by atoms with Crippen LogP contribution in [0.1, 0.15) is 84.8 Å². The van der Waals surface area contributed by atoms with Gasteiger partial charge in [0.1, 0.15) is 0 Å².